The Morgan fingerprint density at radius 3 is 2.42 bits per heavy atom. The van der Waals surface area contributed by atoms with Crippen LogP contribution in [0.4, 0.5) is 10.5 Å². The number of nitrogen functional groups attached to an aromatic ring is 1. The molecule has 0 aliphatic carbocycles. The number of aromatic nitrogens is 1. The lowest BCUT2D eigenvalue weighted by Gasteiger charge is -2.12. The normalized spacial score (nSPS) is 10.7. The zero-order chi connectivity index (χ0) is 18.7. The summed E-state index contributed by atoms with van der Waals surface area (Å²) in [5, 5.41) is 6.88. The van der Waals surface area contributed by atoms with Crippen molar-refractivity contribution in [1.29, 1.82) is 0 Å². The molecule has 0 fully saturated rings. The first-order valence-corrected chi connectivity index (χ1v) is 8.20. The van der Waals surface area contributed by atoms with Crippen molar-refractivity contribution in [3.63, 3.8) is 0 Å². The highest BCUT2D eigenvalue weighted by molar-refractivity contribution is 6.13. The molecule has 0 aliphatic rings. The number of aryl methyl sites for hydroxylation is 1. The van der Waals surface area contributed by atoms with Crippen LogP contribution in [-0.4, -0.2) is 37.2 Å². The molecule has 1 aromatic heterocycles. The number of hydrogen-bond donors (Lipinski definition) is 3. The third-order valence-corrected chi connectivity index (χ3v) is 4.19. The van der Waals surface area contributed by atoms with Crippen molar-refractivity contribution in [3.8, 4) is 0 Å². The highest BCUT2D eigenvalue weighted by Crippen LogP contribution is 2.31. The smallest absolute Gasteiger partial charge is 0.406 e. The fourth-order valence-electron chi connectivity index (χ4n) is 2.85. The first kappa shape index (κ1) is 17.5. The summed E-state index contributed by atoms with van der Waals surface area (Å²) in [5.74, 6) is -0.276. The summed E-state index contributed by atoms with van der Waals surface area (Å²) in [4.78, 5) is 28.3. The lowest BCUT2D eigenvalue weighted by Crippen LogP contribution is -2.34. The fourth-order valence-corrected chi connectivity index (χ4v) is 2.85. The summed E-state index contributed by atoms with van der Waals surface area (Å²) in [6.45, 7) is 2.50. The second kappa shape index (κ2) is 7.26. The third-order valence-electron chi connectivity index (χ3n) is 4.19. The van der Waals surface area contributed by atoms with Crippen LogP contribution in [0.2, 0.25) is 0 Å². The predicted molar refractivity (Wildman–Crippen MR) is 101 cm³/mol. The maximum Gasteiger partial charge on any atom is 0.406 e. The van der Waals surface area contributed by atoms with Crippen LogP contribution in [0.5, 0.6) is 0 Å². The van der Waals surface area contributed by atoms with E-state index in [1.54, 1.807) is 12.1 Å². The molecule has 0 unspecified atom stereocenters. The van der Waals surface area contributed by atoms with Crippen molar-refractivity contribution < 1.29 is 14.3 Å². The highest BCUT2D eigenvalue weighted by Gasteiger charge is 2.15. The maximum atomic E-state index is 12.6. The molecule has 0 spiro atoms. The molecule has 0 atom stereocenters. The number of nitrogens with one attached hydrogen (secondary N) is 2. The van der Waals surface area contributed by atoms with Gasteiger partial charge in [0.2, 0.25) is 0 Å². The Labute approximate surface area is 150 Å². The molecular weight excluding hydrogens is 332 g/mol. The number of methoxy groups -OCH3 is 1. The molecule has 0 bridgehead atoms. The number of anilines is 1. The average Bonchev–Trinajstić information content (AvgIpc) is 2.65. The molecule has 3 aromatic rings. The molecule has 7 nitrogen and oxygen atoms in total. The van der Waals surface area contributed by atoms with Crippen LogP contribution >= 0.6 is 0 Å². The number of rotatable bonds is 4. The van der Waals surface area contributed by atoms with Crippen molar-refractivity contribution in [2.75, 3.05) is 25.9 Å². The van der Waals surface area contributed by atoms with E-state index in [0.717, 1.165) is 21.9 Å². The number of nitrogens with zero attached hydrogens (tertiary/aromatic N) is 1. The Morgan fingerprint density at radius 2 is 1.69 bits per heavy atom. The summed E-state index contributed by atoms with van der Waals surface area (Å²) in [6, 6.07) is 11.2. The number of amides is 2. The van der Waals surface area contributed by atoms with Crippen LogP contribution in [-0.2, 0) is 4.74 Å². The van der Waals surface area contributed by atoms with Gasteiger partial charge in [0, 0.05) is 23.9 Å². The number of para-hydroxylation sites is 2. The molecule has 26 heavy (non-hydrogen) atoms. The minimum atomic E-state index is -0.541. The van der Waals surface area contributed by atoms with Gasteiger partial charge in [-0.15, -0.1) is 0 Å². The van der Waals surface area contributed by atoms with E-state index in [0.29, 0.717) is 16.8 Å². The molecule has 4 N–H and O–H groups in total. The quantitative estimate of drug-likeness (QED) is 0.494. The van der Waals surface area contributed by atoms with Gasteiger partial charge in [0.1, 0.15) is 0 Å². The summed E-state index contributed by atoms with van der Waals surface area (Å²) < 4.78 is 4.48. The Morgan fingerprint density at radius 1 is 1.04 bits per heavy atom. The Kier molecular flexibility index (Phi) is 4.88. The Hall–Kier alpha value is -3.35. The lowest BCUT2D eigenvalue weighted by molar-refractivity contribution is 0.0954. The van der Waals surface area contributed by atoms with Crippen LogP contribution in [0.3, 0.4) is 0 Å². The van der Waals surface area contributed by atoms with Crippen LogP contribution in [0.15, 0.2) is 36.4 Å². The van der Waals surface area contributed by atoms with Gasteiger partial charge in [0.15, 0.2) is 0 Å². The number of fused-ring (bicyclic) bond motifs is 2. The van der Waals surface area contributed by atoms with E-state index in [1.807, 2.05) is 31.2 Å². The van der Waals surface area contributed by atoms with Gasteiger partial charge in [-0.25, -0.2) is 9.78 Å². The van der Waals surface area contributed by atoms with Crippen LogP contribution < -0.4 is 16.4 Å². The predicted octanol–water partition coefficient (Wildman–Crippen LogP) is 2.36. The van der Waals surface area contributed by atoms with E-state index in [4.69, 9.17) is 10.7 Å². The van der Waals surface area contributed by atoms with Gasteiger partial charge in [-0.1, -0.05) is 30.3 Å². The summed E-state index contributed by atoms with van der Waals surface area (Å²) >= 11 is 0. The molecule has 0 saturated heterocycles. The van der Waals surface area contributed by atoms with E-state index in [9.17, 15) is 9.59 Å². The van der Waals surface area contributed by atoms with E-state index in [2.05, 4.69) is 15.4 Å². The lowest BCUT2D eigenvalue weighted by atomic mass is 10.0. The van der Waals surface area contributed by atoms with Crippen LogP contribution in [0, 0.1) is 6.92 Å². The molecule has 3 rings (SSSR count). The number of nitrogens with two attached hydrogens (primary N) is 1. The number of carbonyl (C=O) groups is 2. The molecule has 2 amide bonds. The number of pyridine rings is 1. The number of ether oxygens (including phenoxy) is 1. The monoisotopic (exact) mass is 352 g/mol. The second-order valence-corrected chi connectivity index (χ2v) is 5.87. The van der Waals surface area contributed by atoms with Gasteiger partial charge in [-0.05, 0) is 18.6 Å². The molecule has 2 aromatic carbocycles. The van der Waals surface area contributed by atoms with E-state index >= 15 is 0 Å². The van der Waals surface area contributed by atoms with E-state index in [1.165, 1.54) is 7.11 Å². The average molecular weight is 352 g/mol. The first-order valence-electron chi connectivity index (χ1n) is 8.20. The van der Waals surface area contributed by atoms with Crippen molar-refractivity contribution in [3.05, 3.63) is 47.5 Å². The Bertz CT molecular complexity index is 1000. The fraction of sp³-hybridized carbons (Fsp3) is 0.211. The molecule has 0 saturated carbocycles. The van der Waals surface area contributed by atoms with Gasteiger partial charge in [-0.2, -0.15) is 0 Å². The summed E-state index contributed by atoms with van der Waals surface area (Å²) in [6.07, 6.45) is -0.541. The maximum absolute atomic E-state index is 12.6. The molecule has 134 valence electrons. The van der Waals surface area contributed by atoms with Crippen molar-refractivity contribution in [2.45, 2.75) is 6.92 Å². The Balaban J connectivity index is 1.94. The molecule has 1 heterocycles. The van der Waals surface area contributed by atoms with Gasteiger partial charge in [0.25, 0.3) is 5.91 Å². The second-order valence-electron chi connectivity index (χ2n) is 5.87. The van der Waals surface area contributed by atoms with Gasteiger partial charge < -0.3 is 21.1 Å². The molecule has 7 heteroatoms. The minimum Gasteiger partial charge on any atom is -0.453 e. The number of benzene rings is 2. The van der Waals surface area contributed by atoms with Crippen molar-refractivity contribution >= 4 is 39.5 Å². The highest BCUT2D eigenvalue weighted by atomic mass is 16.5. The topological polar surface area (TPSA) is 106 Å². The largest absolute Gasteiger partial charge is 0.453 e. The van der Waals surface area contributed by atoms with Crippen molar-refractivity contribution in [2.24, 2.45) is 0 Å². The summed E-state index contributed by atoms with van der Waals surface area (Å²) in [7, 11) is 1.28. The number of alkyl carbamates (subject to hydrolysis) is 1. The van der Waals surface area contributed by atoms with Gasteiger partial charge in [-0.3, -0.25) is 4.79 Å². The van der Waals surface area contributed by atoms with Crippen LogP contribution in [0.25, 0.3) is 21.8 Å². The first-order chi connectivity index (χ1) is 12.5. The molecular formula is C19H20N4O3. The van der Waals surface area contributed by atoms with Crippen LogP contribution in [0.1, 0.15) is 15.9 Å². The number of hydrogen-bond acceptors (Lipinski definition) is 5. The molecule has 0 radical (unpaired) electrons. The zero-order valence-electron chi connectivity index (χ0n) is 14.6. The van der Waals surface area contributed by atoms with Gasteiger partial charge >= 0.3 is 6.09 Å². The third kappa shape index (κ3) is 3.23. The molecule has 0 aliphatic heterocycles. The minimum absolute atomic E-state index is 0.265. The summed E-state index contributed by atoms with van der Waals surface area (Å²) in [5.41, 5.74) is 9.72. The number of carbonyl (C=O) groups excluding carboxylic acids is 2. The van der Waals surface area contributed by atoms with Gasteiger partial charge in [0.05, 0.1) is 29.4 Å². The van der Waals surface area contributed by atoms with E-state index in [-0.39, 0.29) is 19.0 Å². The SMILES string of the molecule is COC(=O)NCCNC(=O)c1cccc2c(N)c3cccc(C)c3nc12. The standard InChI is InChI=1S/C19H20N4O3/c1-11-5-3-6-12-15(20)13-7-4-8-14(17(13)23-16(11)12)18(24)21-9-10-22-19(25)26-2/h3-8H,9-10H2,1-2H3,(H2,20,23)(H,21,24)(H,22,25). The van der Waals surface area contributed by atoms with E-state index < -0.39 is 6.09 Å². The zero-order valence-corrected chi connectivity index (χ0v) is 14.6. The van der Waals surface area contributed by atoms with Crippen molar-refractivity contribution in [1.82, 2.24) is 15.6 Å².